The number of halogens is 4. The van der Waals surface area contributed by atoms with E-state index in [9.17, 15) is 18.0 Å². The molecule has 0 spiro atoms. The minimum atomic E-state index is -4.65. The van der Waals surface area contributed by atoms with Gasteiger partial charge in [0, 0.05) is 12.7 Å². The molecule has 3 rings (SSSR count). The van der Waals surface area contributed by atoms with E-state index >= 15 is 0 Å². The number of carbonyl (C=O) groups is 1. The summed E-state index contributed by atoms with van der Waals surface area (Å²) in [7, 11) is 0. The van der Waals surface area contributed by atoms with E-state index in [0.717, 1.165) is 25.9 Å². The lowest BCUT2D eigenvalue weighted by Crippen LogP contribution is -2.32. The Morgan fingerprint density at radius 2 is 2.21 bits per heavy atom. The van der Waals surface area contributed by atoms with E-state index in [1.165, 1.54) is 6.07 Å². The van der Waals surface area contributed by atoms with Crippen LogP contribution in [0, 0.1) is 0 Å². The van der Waals surface area contributed by atoms with Crippen molar-refractivity contribution in [2.45, 2.75) is 25.1 Å². The Morgan fingerprint density at radius 3 is 2.83 bits per heavy atom. The van der Waals surface area contributed by atoms with Crippen LogP contribution in [0.2, 0.25) is 0 Å². The highest BCUT2D eigenvalue weighted by Crippen LogP contribution is 2.26. The molecule has 1 amide bonds. The molecule has 132 valence electrons. The van der Waals surface area contributed by atoms with Gasteiger partial charge < -0.3 is 5.32 Å². The van der Waals surface area contributed by atoms with Crippen molar-refractivity contribution in [3.63, 3.8) is 0 Å². The number of carbonyl (C=O) groups excluding carboxylic acids is 1. The summed E-state index contributed by atoms with van der Waals surface area (Å²) in [6, 6.07) is 1.66. The van der Waals surface area contributed by atoms with Crippen LogP contribution in [0.5, 0.6) is 0 Å². The van der Waals surface area contributed by atoms with Crippen LogP contribution in [0.3, 0.4) is 0 Å². The van der Waals surface area contributed by atoms with Crippen LogP contribution in [0.4, 0.5) is 19.1 Å². The normalized spacial score (nSPS) is 18.0. The number of hydrogen-bond acceptors (Lipinski definition) is 5. The van der Waals surface area contributed by atoms with Crippen molar-refractivity contribution < 1.29 is 18.0 Å². The van der Waals surface area contributed by atoms with E-state index < -0.39 is 23.9 Å². The Balaban J connectivity index is 0.00000208. The van der Waals surface area contributed by atoms with Gasteiger partial charge in [0.1, 0.15) is 0 Å². The van der Waals surface area contributed by atoms with Gasteiger partial charge in [-0.15, -0.1) is 17.5 Å². The minimum absolute atomic E-state index is 0. The van der Waals surface area contributed by atoms with E-state index in [4.69, 9.17) is 0 Å². The van der Waals surface area contributed by atoms with Crippen molar-refractivity contribution >= 4 is 24.3 Å². The molecule has 0 radical (unpaired) electrons. The van der Waals surface area contributed by atoms with E-state index in [1.807, 2.05) is 0 Å². The summed E-state index contributed by atoms with van der Waals surface area (Å²) in [5.74, 6) is -2.39. The van der Waals surface area contributed by atoms with Crippen molar-refractivity contribution in [2.75, 3.05) is 18.4 Å². The molecule has 24 heavy (non-hydrogen) atoms. The lowest BCUT2D eigenvalue weighted by molar-refractivity contribution is -0.144. The summed E-state index contributed by atoms with van der Waals surface area (Å²) in [4.78, 5) is 15.2. The van der Waals surface area contributed by atoms with Crippen molar-refractivity contribution in [1.29, 1.82) is 0 Å². The number of H-pyrrole nitrogens is 1. The second-order valence-corrected chi connectivity index (χ2v) is 5.14. The minimum Gasteiger partial charge on any atom is -0.315 e. The van der Waals surface area contributed by atoms with Gasteiger partial charge in [-0.1, -0.05) is 0 Å². The Hall–Kier alpha value is -2.14. The van der Waals surface area contributed by atoms with E-state index in [1.54, 1.807) is 16.0 Å². The highest BCUT2D eigenvalue weighted by molar-refractivity contribution is 6.01. The lowest BCUT2D eigenvalue weighted by atomic mass is 10.1. The van der Waals surface area contributed by atoms with Crippen LogP contribution in [-0.4, -0.2) is 44.0 Å². The first-order valence-corrected chi connectivity index (χ1v) is 7.00. The third-order valence-corrected chi connectivity index (χ3v) is 3.47. The summed E-state index contributed by atoms with van der Waals surface area (Å²) >= 11 is 0. The van der Waals surface area contributed by atoms with Crippen molar-refractivity contribution in [3.05, 3.63) is 23.8 Å². The fourth-order valence-electron chi connectivity index (χ4n) is 2.33. The van der Waals surface area contributed by atoms with Gasteiger partial charge in [-0.05, 0) is 25.5 Å². The number of hydrogen-bond donors (Lipinski definition) is 3. The highest BCUT2D eigenvalue weighted by atomic mass is 35.5. The Kier molecular flexibility index (Phi) is 5.44. The summed E-state index contributed by atoms with van der Waals surface area (Å²) in [5.41, 5.74) is 0.0916. The number of nitrogens with one attached hydrogen (secondary N) is 3. The van der Waals surface area contributed by atoms with Crippen molar-refractivity contribution in [3.8, 4) is 0 Å². The molecule has 0 aromatic carbocycles. The van der Waals surface area contributed by atoms with Crippen LogP contribution >= 0.6 is 12.4 Å². The molecular formula is C12H15ClF3N7O. The smallest absolute Gasteiger partial charge is 0.315 e. The number of amides is 1. The number of nitrogens with zero attached hydrogens (tertiary/aromatic N) is 4. The topological polar surface area (TPSA) is 101 Å². The van der Waals surface area contributed by atoms with Crippen LogP contribution in [0.15, 0.2) is 12.3 Å². The molecule has 1 saturated heterocycles. The average molecular weight is 366 g/mol. The maximum absolute atomic E-state index is 12.4. The van der Waals surface area contributed by atoms with Crippen LogP contribution in [0.1, 0.15) is 35.2 Å². The molecule has 1 fully saturated rings. The monoisotopic (exact) mass is 365 g/mol. The lowest BCUT2D eigenvalue weighted by Gasteiger charge is -2.22. The maximum atomic E-state index is 12.4. The van der Waals surface area contributed by atoms with Crippen LogP contribution in [0.25, 0.3) is 0 Å². The number of piperidine rings is 1. The fourth-order valence-corrected chi connectivity index (χ4v) is 2.33. The molecule has 2 aromatic rings. The van der Waals surface area contributed by atoms with E-state index in [-0.39, 0.29) is 24.1 Å². The zero-order valence-corrected chi connectivity index (χ0v) is 13.1. The third-order valence-electron chi connectivity index (χ3n) is 3.47. The molecule has 1 unspecified atom stereocenters. The zero-order chi connectivity index (χ0) is 16.4. The number of rotatable bonds is 3. The SMILES string of the molecule is Cl.O=C(Nc1n[nH]c(C(F)(F)F)n1)c1ccn(C2CCCNC2)n1. The molecule has 0 bridgehead atoms. The van der Waals surface area contributed by atoms with Gasteiger partial charge in [0.15, 0.2) is 5.69 Å². The molecule has 3 heterocycles. The van der Waals surface area contributed by atoms with Gasteiger partial charge in [0.2, 0.25) is 11.8 Å². The van der Waals surface area contributed by atoms with Gasteiger partial charge in [0.05, 0.1) is 6.04 Å². The Bertz CT molecular complexity index is 693. The Labute approximate surface area is 140 Å². The maximum Gasteiger partial charge on any atom is 0.451 e. The third kappa shape index (κ3) is 4.03. The standard InChI is InChI=1S/C12H14F3N7O.ClH/c13-12(14,15)10-18-11(20-19-10)17-9(23)8-3-5-22(21-8)7-2-1-4-16-6-7;/h3,5,7,16H,1-2,4,6H2,(H2,17,18,19,20,23);1H. The summed E-state index contributed by atoms with van der Waals surface area (Å²) in [6.45, 7) is 1.72. The van der Waals surface area contributed by atoms with Crippen molar-refractivity contribution in [1.82, 2.24) is 30.3 Å². The average Bonchev–Trinajstić information content (AvgIpc) is 3.16. The first kappa shape index (κ1) is 18.2. The van der Waals surface area contributed by atoms with Crippen LogP contribution in [-0.2, 0) is 6.18 Å². The van der Waals surface area contributed by atoms with E-state index in [0.29, 0.717) is 0 Å². The van der Waals surface area contributed by atoms with Gasteiger partial charge in [0.25, 0.3) is 5.91 Å². The number of anilines is 1. The fraction of sp³-hybridized carbons (Fsp3) is 0.500. The molecule has 1 aliphatic rings. The van der Waals surface area contributed by atoms with Gasteiger partial charge in [-0.25, -0.2) is 0 Å². The molecule has 1 aliphatic heterocycles. The molecule has 0 saturated carbocycles. The predicted molar refractivity (Wildman–Crippen MR) is 80.0 cm³/mol. The number of alkyl halides is 3. The molecular weight excluding hydrogens is 351 g/mol. The molecule has 3 N–H and O–H groups in total. The first-order chi connectivity index (χ1) is 10.9. The number of aromatic nitrogens is 5. The highest BCUT2D eigenvalue weighted by Gasteiger charge is 2.35. The molecule has 2 aromatic heterocycles. The van der Waals surface area contributed by atoms with Crippen LogP contribution < -0.4 is 10.6 Å². The van der Waals surface area contributed by atoms with E-state index in [2.05, 4.69) is 25.8 Å². The first-order valence-electron chi connectivity index (χ1n) is 7.00. The quantitative estimate of drug-likeness (QED) is 0.767. The summed E-state index contributed by atoms with van der Waals surface area (Å²) < 4.78 is 38.9. The number of aromatic amines is 1. The Morgan fingerprint density at radius 1 is 1.42 bits per heavy atom. The summed E-state index contributed by atoms with van der Waals surface area (Å²) in [6.07, 6.45) is -1.01. The van der Waals surface area contributed by atoms with Gasteiger partial charge >= 0.3 is 6.18 Å². The van der Waals surface area contributed by atoms with Crippen molar-refractivity contribution in [2.24, 2.45) is 0 Å². The van der Waals surface area contributed by atoms with Gasteiger partial charge in [-0.3, -0.25) is 19.9 Å². The largest absolute Gasteiger partial charge is 0.451 e. The zero-order valence-electron chi connectivity index (χ0n) is 12.3. The molecule has 1 atom stereocenters. The molecule has 8 nitrogen and oxygen atoms in total. The predicted octanol–water partition coefficient (Wildman–Crippen LogP) is 1.62. The second-order valence-electron chi connectivity index (χ2n) is 5.14. The molecule has 0 aliphatic carbocycles. The second kappa shape index (κ2) is 7.18. The van der Waals surface area contributed by atoms with Gasteiger partial charge in [-0.2, -0.15) is 23.3 Å². The summed E-state index contributed by atoms with van der Waals surface area (Å²) in [5, 5.41) is 14.6. The molecule has 12 heteroatoms.